The van der Waals surface area contributed by atoms with Gasteiger partial charge in [0.05, 0.1) is 5.41 Å². The van der Waals surface area contributed by atoms with Gasteiger partial charge in [0.2, 0.25) is 5.91 Å². The van der Waals surface area contributed by atoms with Crippen LogP contribution in [-0.4, -0.2) is 35.0 Å². The first-order valence-electron chi connectivity index (χ1n) is 6.59. The molecule has 0 aromatic carbocycles. The van der Waals surface area contributed by atoms with Crippen LogP contribution in [0.5, 0.6) is 0 Å². The lowest BCUT2D eigenvalue weighted by molar-refractivity contribution is -0.154. The van der Waals surface area contributed by atoms with Crippen molar-refractivity contribution in [1.29, 1.82) is 0 Å². The maximum atomic E-state index is 12.2. The molecule has 104 valence electrons. The third kappa shape index (κ3) is 4.17. The average Bonchev–Trinajstić information content (AvgIpc) is 2.35. The minimum Gasteiger partial charge on any atom is -0.481 e. The quantitative estimate of drug-likeness (QED) is 0.644. The number of amides is 1. The lowest BCUT2D eigenvalue weighted by Crippen LogP contribution is -2.39. The fourth-order valence-electron chi connectivity index (χ4n) is 2.02. The van der Waals surface area contributed by atoms with Gasteiger partial charge in [-0.2, -0.15) is 0 Å². The summed E-state index contributed by atoms with van der Waals surface area (Å²) in [6, 6.07) is 0. The number of carbonyl (C=O) groups excluding carboxylic acids is 1. The average molecular weight is 255 g/mol. The Balaban J connectivity index is 4.85. The zero-order valence-electron chi connectivity index (χ0n) is 11.7. The summed E-state index contributed by atoms with van der Waals surface area (Å²) in [6.45, 7) is 10.4. The Morgan fingerprint density at radius 2 is 1.83 bits per heavy atom. The number of nitrogens with zero attached hydrogens (tertiary/aromatic N) is 1. The highest BCUT2D eigenvalue weighted by Crippen LogP contribution is 2.31. The lowest BCUT2D eigenvalue weighted by Gasteiger charge is -2.29. The van der Waals surface area contributed by atoms with E-state index in [-0.39, 0.29) is 12.3 Å². The molecule has 0 aromatic heterocycles. The van der Waals surface area contributed by atoms with Crippen molar-refractivity contribution >= 4 is 11.9 Å². The number of rotatable bonds is 9. The van der Waals surface area contributed by atoms with E-state index < -0.39 is 11.4 Å². The summed E-state index contributed by atoms with van der Waals surface area (Å²) in [4.78, 5) is 25.2. The van der Waals surface area contributed by atoms with Gasteiger partial charge in [0, 0.05) is 19.5 Å². The highest BCUT2D eigenvalue weighted by atomic mass is 16.4. The largest absolute Gasteiger partial charge is 0.481 e. The van der Waals surface area contributed by atoms with E-state index >= 15 is 0 Å². The second-order valence-corrected chi connectivity index (χ2v) is 4.60. The zero-order chi connectivity index (χ0) is 14.2. The van der Waals surface area contributed by atoms with E-state index in [2.05, 4.69) is 6.58 Å². The Labute approximate surface area is 110 Å². The topological polar surface area (TPSA) is 57.6 Å². The number of carbonyl (C=O) groups is 2. The predicted molar refractivity (Wildman–Crippen MR) is 72.3 cm³/mol. The summed E-state index contributed by atoms with van der Waals surface area (Å²) in [5.41, 5.74) is -0.926. The summed E-state index contributed by atoms with van der Waals surface area (Å²) in [5.74, 6) is -0.973. The molecule has 0 saturated heterocycles. The van der Waals surface area contributed by atoms with Crippen molar-refractivity contribution in [2.75, 3.05) is 13.1 Å². The molecule has 0 aliphatic rings. The van der Waals surface area contributed by atoms with Gasteiger partial charge >= 0.3 is 5.97 Å². The van der Waals surface area contributed by atoms with Gasteiger partial charge in [0.15, 0.2) is 0 Å². The minimum atomic E-state index is -0.926. The molecule has 0 radical (unpaired) electrons. The summed E-state index contributed by atoms with van der Waals surface area (Å²) in [5, 5.41) is 9.32. The molecule has 0 fully saturated rings. The standard InChI is InChI=1S/C14H25NO3/c1-5-9-15(10-6-2)12(16)11-14(7-3,8-4)13(17)18/h5H,1,6-11H2,2-4H3,(H,17,18). The Bertz CT molecular complexity index is 295. The molecular formula is C14H25NO3. The molecule has 4 heteroatoms. The lowest BCUT2D eigenvalue weighted by atomic mass is 9.79. The fourth-order valence-corrected chi connectivity index (χ4v) is 2.02. The third-order valence-corrected chi connectivity index (χ3v) is 3.49. The number of aliphatic carboxylic acids is 1. The van der Waals surface area contributed by atoms with Gasteiger partial charge in [-0.05, 0) is 19.3 Å². The third-order valence-electron chi connectivity index (χ3n) is 3.49. The van der Waals surface area contributed by atoms with E-state index in [4.69, 9.17) is 0 Å². The van der Waals surface area contributed by atoms with Gasteiger partial charge in [-0.3, -0.25) is 9.59 Å². The van der Waals surface area contributed by atoms with Crippen LogP contribution < -0.4 is 0 Å². The van der Waals surface area contributed by atoms with Gasteiger partial charge in [0.25, 0.3) is 0 Å². The van der Waals surface area contributed by atoms with Crippen LogP contribution in [0.2, 0.25) is 0 Å². The van der Waals surface area contributed by atoms with E-state index in [0.717, 1.165) is 6.42 Å². The van der Waals surface area contributed by atoms with E-state index in [0.29, 0.717) is 25.9 Å². The SMILES string of the molecule is C=CCN(CCC)C(=O)CC(CC)(CC)C(=O)O. The van der Waals surface area contributed by atoms with Gasteiger partial charge in [-0.1, -0.05) is 26.8 Å². The zero-order valence-corrected chi connectivity index (χ0v) is 11.7. The molecular weight excluding hydrogens is 230 g/mol. The van der Waals surface area contributed by atoms with Gasteiger partial charge in [0.1, 0.15) is 0 Å². The molecule has 4 nitrogen and oxygen atoms in total. The van der Waals surface area contributed by atoms with Crippen molar-refractivity contribution in [2.24, 2.45) is 5.41 Å². The molecule has 0 aliphatic heterocycles. The molecule has 18 heavy (non-hydrogen) atoms. The monoisotopic (exact) mass is 255 g/mol. The summed E-state index contributed by atoms with van der Waals surface area (Å²) in [6.07, 6.45) is 3.55. The number of hydrogen-bond donors (Lipinski definition) is 1. The van der Waals surface area contributed by atoms with Crippen LogP contribution in [0.3, 0.4) is 0 Å². The summed E-state index contributed by atoms with van der Waals surface area (Å²) < 4.78 is 0. The second kappa shape index (κ2) is 7.90. The maximum absolute atomic E-state index is 12.2. The number of carboxylic acid groups (broad SMARTS) is 1. The molecule has 0 heterocycles. The van der Waals surface area contributed by atoms with E-state index in [1.165, 1.54) is 0 Å². The highest BCUT2D eigenvalue weighted by molar-refractivity contribution is 5.85. The Kier molecular flexibility index (Phi) is 7.32. The van der Waals surface area contributed by atoms with Crippen molar-refractivity contribution in [3.05, 3.63) is 12.7 Å². The van der Waals surface area contributed by atoms with Crippen LogP contribution in [0.4, 0.5) is 0 Å². The molecule has 0 unspecified atom stereocenters. The Morgan fingerprint density at radius 1 is 1.28 bits per heavy atom. The van der Waals surface area contributed by atoms with Gasteiger partial charge < -0.3 is 10.0 Å². The smallest absolute Gasteiger partial charge is 0.310 e. The van der Waals surface area contributed by atoms with Crippen molar-refractivity contribution in [3.63, 3.8) is 0 Å². The van der Waals surface area contributed by atoms with Crippen molar-refractivity contribution in [3.8, 4) is 0 Å². The Hall–Kier alpha value is -1.32. The second-order valence-electron chi connectivity index (χ2n) is 4.60. The summed E-state index contributed by atoms with van der Waals surface area (Å²) >= 11 is 0. The molecule has 0 saturated carbocycles. The first kappa shape index (κ1) is 16.7. The van der Waals surface area contributed by atoms with E-state index in [1.807, 2.05) is 20.8 Å². The molecule has 0 bridgehead atoms. The van der Waals surface area contributed by atoms with Crippen molar-refractivity contribution in [1.82, 2.24) is 4.90 Å². The maximum Gasteiger partial charge on any atom is 0.310 e. The van der Waals surface area contributed by atoms with Crippen LogP contribution in [0.1, 0.15) is 46.5 Å². The van der Waals surface area contributed by atoms with E-state index in [1.54, 1.807) is 11.0 Å². The van der Waals surface area contributed by atoms with Crippen molar-refractivity contribution in [2.45, 2.75) is 46.5 Å². The molecule has 1 N–H and O–H groups in total. The molecule has 1 amide bonds. The normalized spacial score (nSPS) is 11.1. The molecule has 0 atom stereocenters. The first-order valence-corrected chi connectivity index (χ1v) is 6.59. The summed E-state index contributed by atoms with van der Waals surface area (Å²) in [7, 11) is 0. The Morgan fingerprint density at radius 3 is 2.17 bits per heavy atom. The van der Waals surface area contributed by atoms with Crippen molar-refractivity contribution < 1.29 is 14.7 Å². The van der Waals surface area contributed by atoms with Crippen LogP contribution in [0.25, 0.3) is 0 Å². The fraction of sp³-hybridized carbons (Fsp3) is 0.714. The molecule has 0 aromatic rings. The van der Waals surface area contributed by atoms with Gasteiger partial charge in [-0.15, -0.1) is 6.58 Å². The highest BCUT2D eigenvalue weighted by Gasteiger charge is 2.38. The number of carboxylic acids is 1. The van der Waals surface area contributed by atoms with Crippen LogP contribution in [-0.2, 0) is 9.59 Å². The first-order chi connectivity index (χ1) is 8.47. The minimum absolute atomic E-state index is 0.0726. The van der Waals surface area contributed by atoms with Crippen LogP contribution in [0.15, 0.2) is 12.7 Å². The molecule has 0 aliphatic carbocycles. The number of hydrogen-bond acceptors (Lipinski definition) is 2. The van der Waals surface area contributed by atoms with Gasteiger partial charge in [-0.25, -0.2) is 0 Å². The van der Waals surface area contributed by atoms with E-state index in [9.17, 15) is 14.7 Å². The molecule has 0 rings (SSSR count). The predicted octanol–water partition coefficient (Wildman–Crippen LogP) is 2.69. The molecule has 0 spiro atoms. The van der Waals surface area contributed by atoms with Crippen LogP contribution >= 0.6 is 0 Å². The van der Waals surface area contributed by atoms with Crippen LogP contribution in [0, 0.1) is 5.41 Å².